The lowest BCUT2D eigenvalue weighted by molar-refractivity contribution is -0.120. The molecule has 28 heavy (non-hydrogen) atoms. The third kappa shape index (κ3) is 3.36. The molecule has 0 spiro atoms. The molecule has 7 heteroatoms. The van der Waals surface area contributed by atoms with Gasteiger partial charge in [-0.2, -0.15) is 0 Å². The number of rotatable bonds is 3. The molecule has 2 aromatic heterocycles. The van der Waals surface area contributed by atoms with Crippen LogP contribution in [0.25, 0.3) is 10.6 Å². The Morgan fingerprint density at radius 3 is 2.71 bits per heavy atom. The van der Waals surface area contributed by atoms with Crippen molar-refractivity contribution in [1.82, 2.24) is 10.3 Å². The molecule has 4 rings (SSSR count). The van der Waals surface area contributed by atoms with Crippen LogP contribution in [-0.2, 0) is 11.2 Å². The molecule has 3 heterocycles. The Labute approximate surface area is 165 Å². The number of fused-ring (bicyclic) bond motifs is 1. The van der Waals surface area contributed by atoms with Crippen molar-refractivity contribution in [3.63, 3.8) is 0 Å². The summed E-state index contributed by atoms with van der Waals surface area (Å²) in [6.45, 7) is 0. The Balaban J connectivity index is 1.54. The molecule has 3 aromatic rings. The minimum absolute atomic E-state index is 0.00230. The molecule has 0 radical (unpaired) electrons. The number of benzene rings is 1. The first-order chi connectivity index (χ1) is 13.5. The van der Waals surface area contributed by atoms with Crippen LogP contribution < -0.4 is 15.8 Å². The first kappa shape index (κ1) is 18.2. The SMILES string of the molecule is CN1C(=O)C(NC(=O)c2ccc(-c3cccs3)[nH]c2=O)CCc2ccccc21. The zero-order valence-corrected chi connectivity index (χ0v) is 16.1. The Kier molecular flexibility index (Phi) is 4.83. The van der Waals surface area contributed by atoms with E-state index in [1.165, 1.54) is 17.4 Å². The zero-order chi connectivity index (χ0) is 19.7. The number of anilines is 1. The lowest BCUT2D eigenvalue weighted by Crippen LogP contribution is -2.47. The number of nitrogens with one attached hydrogen (secondary N) is 2. The van der Waals surface area contributed by atoms with Gasteiger partial charge in [0, 0.05) is 12.7 Å². The quantitative estimate of drug-likeness (QED) is 0.718. The minimum atomic E-state index is -0.679. The summed E-state index contributed by atoms with van der Waals surface area (Å²) in [5, 5.41) is 4.65. The van der Waals surface area contributed by atoms with Gasteiger partial charge in [0.25, 0.3) is 11.5 Å². The summed E-state index contributed by atoms with van der Waals surface area (Å²) in [5.41, 5.74) is 2.10. The van der Waals surface area contributed by atoms with Gasteiger partial charge in [0.05, 0.1) is 10.6 Å². The van der Waals surface area contributed by atoms with Crippen LogP contribution in [0.5, 0.6) is 0 Å². The number of hydrogen-bond acceptors (Lipinski definition) is 4. The largest absolute Gasteiger partial charge is 0.340 e. The van der Waals surface area contributed by atoms with Crippen molar-refractivity contribution in [1.29, 1.82) is 0 Å². The number of hydrogen-bond donors (Lipinski definition) is 2. The van der Waals surface area contributed by atoms with E-state index in [0.717, 1.165) is 16.1 Å². The summed E-state index contributed by atoms with van der Waals surface area (Å²) in [6.07, 6.45) is 1.15. The highest BCUT2D eigenvalue weighted by molar-refractivity contribution is 7.13. The highest BCUT2D eigenvalue weighted by Crippen LogP contribution is 2.26. The van der Waals surface area contributed by atoms with Gasteiger partial charge in [-0.15, -0.1) is 11.3 Å². The second-order valence-corrected chi connectivity index (χ2v) is 7.63. The van der Waals surface area contributed by atoms with E-state index < -0.39 is 17.5 Å². The number of aromatic amines is 1. The molecule has 142 valence electrons. The predicted molar refractivity (Wildman–Crippen MR) is 110 cm³/mol. The van der Waals surface area contributed by atoms with E-state index in [1.807, 2.05) is 41.8 Å². The van der Waals surface area contributed by atoms with Gasteiger partial charge >= 0.3 is 0 Å². The summed E-state index contributed by atoms with van der Waals surface area (Å²) >= 11 is 1.50. The highest BCUT2D eigenvalue weighted by Gasteiger charge is 2.29. The Morgan fingerprint density at radius 2 is 1.96 bits per heavy atom. The average Bonchev–Trinajstić information content (AvgIpc) is 3.21. The van der Waals surface area contributed by atoms with E-state index >= 15 is 0 Å². The molecule has 0 fully saturated rings. The third-order valence-electron chi connectivity index (χ3n) is 4.93. The number of aromatic nitrogens is 1. The second-order valence-electron chi connectivity index (χ2n) is 6.68. The summed E-state index contributed by atoms with van der Waals surface area (Å²) in [5.74, 6) is -0.735. The summed E-state index contributed by atoms with van der Waals surface area (Å²) in [7, 11) is 1.70. The van der Waals surface area contributed by atoms with Crippen LogP contribution in [0.3, 0.4) is 0 Å². The summed E-state index contributed by atoms with van der Waals surface area (Å²) in [4.78, 5) is 43.1. The third-order valence-corrected chi connectivity index (χ3v) is 5.83. The topological polar surface area (TPSA) is 82.3 Å². The van der Waals surface area contributed by atoms with E-state index in [2.05, 4.69) is 10.3 Å². The van der Waals surface area contributed by atoms with Crippen molar-refractivity contribution in [3.8, 4) is 10.6 Å². The monoisotopic (exact) mass is 393 g/mol. The van der Waals surface area contributed by atoms with Crippen LogP contribution >= 0.6 is 11.3 Å². The molecule has 0 bridgehead atoms. The van der Waals surface area contributed by atoms with Gasteiger partial charge in [0.2, 0.25) is 5.91 Å². The number of para-hydroxylation sites is 1. The molecule has 0 saturated carbocycles. The van der Waals surface area contributed by atoms with Crippen molar-refractivity contribution in [2.75, 3.05) is 11.9 Å². The molecular formula is C21H19N3O3S. The van der Waals surface area contributed by atoms with Gasteiger partial charge in [0.15, 0.2) is 0 Å². The number of pyridine rings is 1. The maximum atomic E-state index is 12.8. The van der Waals surface area contributed by atoms with Crippen LogP contribution in [0.1, 0.15) is 22.3 Å². The smallest absolute Gasteiger partial charge is 0.261 e. The van der Waals surface area contributed by atoms with E-state index in [-0.39, 0.29) is 11.5 Å². The molecular weight excluding hydrogens is 374 g/mol. The first-order valence-electron chi connectivity index (χ1n) is 8.98. The van der Waals surface area contributed by atoms with Gasteiger partial charge < -0.3 is 15.2 Å². The number of amides is 2. The number of likely N-dealkylation sites (N-methyl/N-ethyl adjacent to an activating group) is 1. The minimum Gasteiger partial charge on any atom is -0.340 e. The van der Waals surface area contributed by atoms with E-state index in [4.69, 9.17) is 0 Å². The molecule has 1 atom stereocenters. The van der Waals surface area contributed by atoms with Crippen molar-refractivity contribution >= 4 is 28.8 Å². The van der Waals surface area contributed by atoms with Gasteiger partial charge in [-0.25, -0.2) is 0 Å². The predicted octanol–water partition coefficient (Wildman–Crippen LogP) is 2.81. The number of H-pyrrole nitrogens is 1. The van der Waals surface area contributed by atoms with Crippen LogP contribution in [-0.4, -0.2) is 29.9 Å². The maximum Gasteiger partial charge on any atom is 0.261 e. The fourth-order valence-electron chi connectivity index (χ4n) is 3.42. The Bertz CT molecular complexity index is 1090. The number of nitrogens with zero attached hydrogens (tertiary/aromatic N) is 1. The molecule has 6 nitrogen and oxygen atoms in total. The summed E-state index contributed by atoms with van der Waals surface area (Å²) in [6, 6.07) is 14.0. The van der Waals surface area contributed by atoms with Crippen molar-refractivity contribution < 1.29 is 9.59 Å². The average molecular weight is 393 g/mol. The molecule has 0 aliphatic carbocycles. The lowest BCUT2D eigenvalue weighted by atomic mass is 10.1. The van der Waals surface area contributed by atoms with E-state index in [9.17, 15) is 14.4 Å². The van der Waals surface area contributed by atoms with Crippen LogP contribution in [0, 0.1) is 0 Å². The zero-order valence-electron chi connectivity index (χ0n) is 15.3. The number of aryl methyl sites for hydroxylation is 1. The fraction of sp³-hybridized carbons (Fsp3) is 0.190. The number of carbonyl (C=O) groups is 2. The van der Waals surface area contributed by atoms with Gasteiger partial charge in [-0.1, -0.05) is 24.3 Å². The molecule has 2 amide bonds. The lowest BCUT2D eigenvalue weighted by Gasteiger charge is -2.22. The maximum absolute atomic E-state index is 12.8. The van der Waals surface area contributed by atoms with Crippen molar-refractivity contribution in [2.45, 2.75) is 18.9 Å². The fourth-order valence-corrected chi connectivity index (χ4v) is 4.13. The van der Waals surface area contributed by atoms with Crippen LogP contribution in [0.4, 0.5) is 5.69 Å². The first-order valence-corrected chi connectivity index (χ1v) is 9.86. The molecule has 1 aliphatic heterocycles. The highest BCUT2D eigenvalue weighted by atomic mass is 32.1. The Hall–Kier alpha value is -3.19. The van der Waals surface area contributed by atoms with Crippen LogP contribution in [0.15, 0.2) is 58.7 Å². The van der Waals surface area contributed by atoms with Crippen molar-refractivity contribution in [2.24, 2.45) is 0 Å². The van der Waals surface area contributed by atoms with Crippen LogP contribution in [0.2, 0.25) is 0 Å². The molecule has 1 unspecified atom stereocenters. The second kappa shape index (κ2) is 7.44. The van der Waals surface area contributed by atoms with Gasteiger partial charge in [-0.05, 0) is 48.1 Å². The number of carbonyl (C=O) groups excluding carboxylic acids is 2. The number of thiophene rings is 1. The van der Waals surface area contributed by atoms with Crippen molar-refractivity contribution in [3.05, 3.63) is 75.4 Å². The molecule has 1 aliphatic rings. The normalized spacial score (nSPS) is 16.4. The van der Waals surface area contributed by atoms with E-state index in [0.29, 0.717) is 18.5 Å². The van der Waals surface area contributed by atoms with E-state index in [1.54, 1.807) is 18.0 Å². The standard InChI is InChI=1S/C21H19N3O3S/c1-24-17-6-3-2-5-13(17)8-10-16(21(24)27)23-20(26)14-9-11-15(22-19(14)25)18-7-4-12-28-18/h2-7,9,11-12,16H,8,10H2,1H3,(H,22,25)(H,23,26). The molecule has 2 N–H and O–H groups in total. The Morgan fingerprint density at radius 1 is 1.14 bits per heavy atom. The molecule has 1 aromatic carbocycles. The van der Waals surface area contributed by atoms with Gasteiger partial charge in [-0.3, -0.25) is 14.4 Å². The summed E-state index contributed by atoms with van der Waals surface area (Å²) < 4.78 is 0. The van der Waals surface area contributed by atoms with Gasteiger partial charge in [0.1, 0.15) is 11.6 Å². The molecule has 0 saturated heterocycles.